The Morgan fingerprint density at radius 2 is 1.79 bits per heavy atom. The van der Waals surface area contributed by atoms with Gasteiger partial charge in [-0.25, -0.2) is 17.8 Å². The molecule has 0 saturated heterocycles. The van der Waals surface area contributed by atoms with Crippen molar-refractivity contribution in [3.05, 3.63) is 34.1 Å². The van der Waals surface area contributed by atoms with Crippen molar-refractivity contribution in [3.8, 4) is 5.88 Å². The van der Waals surface area contributed by atoms with Crippen LogP contribution in [0.2, 0.25) is 0 Å². The molecule has 4 N–H and O–H groups in total. The molecule has 0 spiro atoms. The van der Waals surface area contributed by atoms with Gasteiger partial charge in [0.25, 0.3) is 5.56 Å². The second-order valence-electron chi connectivity index (χ2n) is 10.6. The topological polar surface area (TPSA) is 155 Å². The minimum absolute atomic E-state index is 0.0692. The highest BCUT2D eigenvalue weighted by Gasteiger charge is 2.36. The molecule has 1 unspecified atom stereocenters. The molecule has 0 amide bonds. The first kappa shape index (κ1) is 26.1. The van der Waals surface area contributed by atoms with Crippen LogP contribution in [0.25, 0.3) is 0 Å². The fourth-order valence-electron chi connectivity index (χ4n) is 3.68. The van der Waals surface area contributed by atoms with E-state index in [4.69, 9.17) is 0 Å². The summed E-state index contributed by atoms with van der Waals surface area (Å²) in [5, 5.41) is 13.8. The molecule has 0 saturated carbocycles. The maximum absolute atomic E-state index is 13.4. The average molecular weight is 514 g/mol. The molecule has 1 aliphatic heterocycles. The van der Waals surface area contributed by atoms with Crippen LogP contribution in [0.5, 0.6) is 5.88 Å². The quantitative estimate of drug-likeness (QED) is 0.448. The monoisotopic (exact) mass is 513 g/mol. The number of rotatable bonds is 5. The molecule has 13 heteroatoms. The fourth-order valence-corrected chi connectivity index (χ4v) is 5.51. The van der Waals surface area contributed by atoms with Gasteiger partial charge in [-0.3, -0.25) is 14.1 Å². The maximum atomic E-state index is 13.4. The predicted molar refractivity (Wildman–Crippen MR) is 134 cm³/mol. The van der Waals surface area contributed by atoms with Crippen LogP contribution < -0.4 is 20.9 Å². The molecule has 0 fully saturated rings. The van der Waals surface area contributed by atoms with E-state index >= 15 is 0 Å². The van der Waals surface area contributed by atoms with E-state index in [-0.39, 0.29) is 39.4 Å². The van der Waals surface area contributed by atoms with E-state index in [9.17, 15) is 27.8 Å². The number of nitrogens with zero attached hydrogens (tertiary/aromatic N) is 3. The van der Waals surface area contributed by atoms with Crippen molar-refractivity contribution in [1.82, 2.24) is 9.36 Å². The van der Waals surface area contributed by atoms with Gasteiger partial charge in [-0.15, -0.1) is 0 Å². The molecule has 1 atom stereocenters. The first-order chi connectivity index (χ1) is 15.3. The normalized spacial score (nSPS) is 18.8. The van der Waals surface area contributed by atoms with Gasteiger partial charge in [0, 0.05) is 12.2 Å². The number of hydrogen-bond acceptors (Lipinski definition) is 6. The number of amidine groups is 1. The van der Waals surface area contributed by atoms with Gasteiger partial charge in [0.15, 0.2) is 5.84 Å². The summed E-state index contributed by atoms with van der Waals surface area (Å²) in [6, 6.07) is 4.04. The standard InChI is InChI=1S/C21H32N5O6PS/c1-20(2,3)10-11-25-18(27)16(19(28)26(25)21(4,5)6)17-22-14-9-8-13(24-34(7,31)32)12-15(14)33(29,30)23-17/h8-9,12,24,28H,10-11H2,1-7H3,(H2,22,23,29,30). The van der Waals surface area contributed by atoms with E-state index in [2.05, 4.69) is 14.8 Å². The van der Waals surface area contributed by atoms with E-state index in [1.165, 1.54) is 27.6 Å². The van der Waals surface area contributed by atoms with Gasteiger partial charge < -0.3 is 15.3 Å². The highest BCUT2D eigenvalue weighted by molar-refractivity contribution is 7.92. The number of aromatic nitrogens is 2. The van der Waals surface area contributed by atoms with Gasteiger partial charge in [0.2, 0.25) is 15.9 Å². The lowest BCUT2D eigenvalue weighted by Gasteiger charge is -2.27. The molecule has 0 aliphatic carbocycles. The van der Waals surface area contributed by atoms with Gasteiger partial charge in [0.05, 0.1) is 22.8 Å². The van der Waals surface area contributed by atoms with E-state index in [0.29, 0.717) is 13.0 Å². The summed E-state index contributed by atoms with van der Waals surface area (Å²) in [7, 11) is -7.99. The van der Waals surface area contributed by atoms with E-state index in [1.54, 1.807) is 0 Å². The zero-order valence-corrected chi connectivity index (χ0v) is 22.1. The van der Waals surface area contributed by atoms with Crippen molar-refractivity contribution >= 4 is 40.1 Å². The molecule has 34 heavy (non-hydrogen) atoms. The molecule has 2 heterocycles. The highest BCUT2D eigenvalue weighted by atomic mass is 32.2. The molecular weight excluding hydrogens is 481 g/mol. The molecule has 3 rings (SSSR count). The summed E-state index contributed by atoms with van der Waals surface area (Å²) < 4.78 is 45.2. The second-order valence-corrected chi connectivity index (χ2v) is 14.2. The molecule has 0 radical (unpaired) electrons. The Hall–Kier alpha value is -2.56. The predicted octanol–water partition coefficient (Wildman–Crippen LogP) is 2.60. The molecule has 2 aromatic rings. The molecular formula is C21H32N5O6PS. The Bertz CT molecular complexity index is 1380. The SMILES string of the molecule is CC(C)(C)CCn1c(=O)c(C2=NP(=O)(O)c3cc(NS(C)(=O)=O)ccc3N2)c(O)n1C(C)(C)C. The Morgan fingerprint density at radius 1 is 1.18 bits per heavy atom. The van der Waals surface area contributed by atoms with E-state index < -0.39 is 28.6 Å². The zero-order chi connectivity index (χ0) is 25.9. The van der Waals surface area contributed by atoms with Crippen LogP contribution in [0.3, 0.4) is 0 Å². The van der Waals surface area contributed by atoms with Crippen LogP contribution in [-0.2, 0) is 26.7 Å². The summed E-state index contributed by atoms with van der Waals surface area (Å²) in [6.07, 6.45) is 1.62. The number of aromatic hydroxyl groups is 1. The van der Waals surface area contributed by atoms with Crippen molar-refractivity contribution in [3.63, 3.8) is 0 Å². The summed E-state index contributed by atoms with van der Waals surface area (Å²) in [4.78, 5) is 24.1. The average Bonchev–Trinajstić information content (AvgIpc) is 2.88. The first-order valence-corrected chi connectivity index (χ1v) is 14.2. The zero-order valence-electron chi connectivity index (χ0n) is 20.4. The van der Waals surface area contributed by atoms with Crippen LogP contribution in [0.4, 0.5) is 11.4 Å². The van der Waals surface area contributed by atoms with Crippen molar-refractivity contribution in [2.75, 3.05) is 16.3 Å². The van der Waals surface area contributed by atoms with Crippen LogP contribution in [0, 0.1) is 5.41 Å². The van der Waals surface area contributed by atoms with Crippen LogP contribution >= 0.6 is 7.52 Å². The number of sulfonamides is 1. The third-order valence-electron chi connectivity index (χ3n) is 5.16. The number of anilines is 2. The Balaban J connectivity index is 2.14. The van der Waals surface area contributed by atoms with Crippen molar-refractivity contribution in [2.24, 2.45) is 10.2 Å². The number of hydrogen-bond donors (Lipinski definition) is 4. The molecule has 1 aromatic carbocycles. The van der Waals surface area contributed by atoms with Crippen molar-refractivity contribution in [2.45, 2.75) is 60.0 Å². The molecule has 188 valence electrons. The minimum Gasteiger partial charge on any atom is -0.493 e. The summed E-state index contributed by atoms with van der Waals surface area (Å²) in [5.41, 5.74) is -1.20. The molecule has 11 nitrogen and oxygen atoms in total. The first-order valence-electron chi connectivity index (χ1n) is 10.7. The van der Waals surface area contributed by atoms with Crippen LogP contribution in [0.1, 0.15) is 53.5 Å². The van der Waals surface area contributed by atoms with Gasteiger partial charge in [-0.1, -0.05) is 20.8 Å². The van der Waals surface area contributed by atoms with Crippen LogP contribution in [0.15, 0.2) is 27.8 Å². The van der Waals surface area contributed by atoms with Crippen molar-refractivity contribution in [1.29, 1.82) is 0 Å². The third kappa shape index (κ3) is 5.39. The number of benzene rings is 1. The maximum Gasteiger partial charge on any atom is 0.346 e. The lowest BCUT2D eigenvalue weighted by Crippen LogP contribution is -2.35. The summed E-state index contributed by atoms with van der Waals surface area (Å²) >= 11 is 0. The van der Waals surface area contributed by atoms with Gasteiger partial charge in [0.1, 0.15) is 5.56 Å². The third-order valence-corrected chi connectivity index (χ3v) is 7.24. The molecule has 1 aromatic heterocycles. The lowest BCUT2D eigenvalue weighted by atomic mass is 9.92. The van der Waals surface area contributed by atoms with Crippen molar-refractivity contribution < 1.29 is 23.0 Å². The lowest BCUT2D eigenvalue weighted by molar-refractivity contribution is 0.228. The summed E-state index contributed by atoms with van der Waals surface area (Å²) in [5.74, 6) is -0.589. The van der Waals surface area contributed by atoms with Crippen LogP contribution in [-0.4, -0.2) is 39.9 Å². The summed E-state index contributed by atoms with van der Waals surface area (Å²) in [6.45, 7) is 12.0. The number of nitrogens with one attached hydrogen (secondary N) is 2. The second kappa shape index (κ2) is 8.28. The highest BCUT2D eigenvalue weighted by Crippen LogP contribution is 2.47. The number of fused-ring (bicyclic) bond motifs is 1. The minimum atomic E-state index is -4.40. The molecule has 1 aliphatic rings. The van der Waals surface area contributed by atoms with E-state index in [0.717, 1.165) is 6.26 Å². The van der Waals surface area contributed by atoms with Gasteiger partial charge in [-0.05, 0) is 50.8 Å². The van der Waals surface area contributed by atoms with E-state index in [1.807, 2.05) is 41.5 Å². The van der Waals surface area contributed by atoms with Gasteiger partial charge >= 0.3 is 7.52 Å². The Kier molecular flexibility index (Phi) is 6.35. The van der Waals surface area contributed by atoms with Gasteiger partial charge in [-0.2, -0.15) is 4.76 Å². The largest absolute Gasteiger partial charge is 0.493 e. The smallest absolute Gasteiger partial charge is 0.346 e. The Morgan fingerprint density at radius 3 is 2.32 bits per heavy atom. The Labute approximate surface area is 199 Å². The molecule has 0 bridgehead atoms. The fraction of sp³-hybridized carbons (Fsp3) is 0.524.